The number of aryl methyl sites for hydroxylation is 2. The molecule has 0 radical (unpaired) electrons. The first-order chi connectivity index (χ1) is 13.4. The fourth-order valence-electron chi connectivity index (χ4n) is 3.64. The van der Waals surface area contributed by atoms with E-state index in [0.29, 0.717) is 55.4 Å². The summed E-state index contributed by atoms with van der Waals surface area (Å²) in [5.41, 5.74) is 2.29. The van der Waals surface area contributed by atoms with Gasteiger partial charge in [-0.25, -0.2) is 14.4 Å². The zero-order chi connectivity index (χ0) is 20.3. The van der Waals surface area contributed by atoms with E-state index in [9.17, 15) is 9.18 Å². The van der Waals surface area contributed by atoms with Gasteiger partial charge in [-0.3, -0.25) is 4.79 Å². The van der Waals surface area contributed by atoms with E-state index in [2.05, 4.69) is 9.88 Å². The highest BCUT2D eigenvalue weighted by Gasteiger charge is 2.25. The van der Waals surface area contributed by atoms with Crippen molar-refractivity contribution in [1.82, 2.24) is 14.9 Å². The van der Waals surface area contributed by atoms with E-state index in [4.69, 9.17) is 16.6 Å². The topological polar surface area (TPSA) is 49.3 Å². The van der Waals surface area contributed by atoms with Crippen LogP contribution in [0.15, 0.2) is 18.2 Å². The molecule has 0 bridgehead atoms. The Bertz CT molecular complexity index is 845. The second-order valence-electron chi connectivity index (χ2n) is 6.97. The molecule has 1 saturated heterocycles. The van der Waals surface area contributed by atoms with Crippen molar-refractivity contribution < 1.29 is 9.18 Å². The molecule has 0 N–H and O–H groups in total. The lowest BCUT2D eigenvalue weighted by atomic mass is 10.0. The quantitative estimate of drug-likeness (QED) is 0.760. The van der Waals surface area contributed by atoms with Gasteiger partial charge in [0.05, 0.1) is 0 Å². The molecule has 150 valence electrons. The third-order valence-corrected chi connectivity index (χ3v) is 5.52. The van der Waals surface area contributed by atoms with Crippen LogP contribution in [0, 0.1) is 12.7 Å². The molecule has 0 unspecified atom stereocenters. The Kier molecular flexibility index (Phi) is 6.50. The van der Waals surface area contributed by atoms with Crippen LogP contribution in [0.1, 0.15) is 42.9 Å². The summed E-state index contributed by atoms with van der Waals surface area (Å²) in [6.07, 6.45) is 1.59. The normalized spacial score (nSPS) is 14.5. The zero-order valence-corrected chi connectivity index (χ0v) is 17.4. The number of hydrogen-bond donors (Lipinski definition) is 0. The number of benzene rings is 1. The van der Waals surface area contributed by atoms with Crippen molar-refractivity contribution in [2.45, 2.75) is 40.0 Å². The minimum Gasteiger partial charge on any atom is -0.353 e. The molecule has 1 aliphatic rings. The summed E-state index contributed by atoms with van der Waals surface area (Å²) in [7, 11) is 0. The molecule has 0 saturated carbocycles. The predicted octanol–water partition coefficient (Wildman–Crippen LogP) is 3.79. The van der Waals surface area contributed by atoms with Crippen LogP contribution in [0.2, 0.25) is 5.02 Å². The van der Waals surface area contributed by atoms with E-state index < -0.39 is 0 Å². The van der Waals surface area contributed by atoms with Gasteiger partial charge in [-0.2, -0.15) is 0 Å². The van der Waals surface area contributed by atoms with E-state index in [1.165, 1.54) is 6.07 Å². The molecule has 28 heavy (non-hydrogen) atoms. The first-order valence-electron chi connectivity index (χ1n) is 9.76. The van der Waals surface area contributed by atoms with Crippen LogP contribution in [-0.4, -0.2) is 47.0 Å². The molecule has 1 amide bonds. The summed E-state index contributed by atoms with van der Waals surface area (Å²) in [6, 6.07) is 4.74. The molecule has 0 spiro atoms. The Labute approximate surface area is 170 Å². The van der Waals surface area contributed by atoms with E-state index in [-0.39, 0.29) is 11.7 Å². The molecule has 1 aromatic carbocycles. The highest BCUT2D eigenvalue weighted by Crippen LogP contribution is 2.29. The van der Waals surface area contributed by atoms with E-state index in [0.717, 1.165) is 23.5 Å². The summed E-state index contributed by atoms with van der Waals surface area (Å²) in [4.78, 5) is 25.3. The molecule has 1 aliphatic heterocycles. The molecule has 0 aliphatic carbocycles. The zero-order valence-electron chi connectivity index (χ0n) is 16.6. The second kappa shape index (κ2) is 8.86. The summed E-state index contributed by atoms with van der Waals surface area (Å²) in [5.74, 6) is 1.38. The van der Waals surface area contributed by atoms with Gasteiger partial charge in [0.25, 0.3) is 0 Å². The lowest BCUT2D eigenvalue weighted by Gasteiger charge is -2.36. The Hall–Kier alpha value is -2.21. The maximum absolute atomic E-state index is 14.4. The minimum atomic E-state index is -0.320. The smallest absolute Gasteiger partial charge is 0.222 e. The summed E-state index contributed by atoms with van der Waals surface area (Å²) in [5, 5.41) is 0.409. The largest absolute Gasteiger partial charge is 0.353 e. The van der Waals surface area contributed by atoms with Crippen LogP contribution in [0.4, 0.5) is 10.2 Å². The van der Waals surface area contributed by atoms with Crippen LogP contribution in [0.3, 0.4) is 0 Å². The van der Waals surface area contributed by atoms with Crippen LogP contribution < -0.4 is 4.90 Å². The molecule has 5 nitrogen and oxygen atoms in total. The highest BCUT2D eigenvalue weighted by molar-refractivity contribution is 6.31. The van der Waals surface area contributed by atoms with Crippen molar-refractivity contribution in [2.75, 3.05) is 31.1 Å². The van der Waals surface area contributed by atoms with Gasteiger partial charge in [-0.05, 0) is 25.5 Å². The summed E-state index contributed by atoms with van der Waals surface area (Å²) in [6.45, 7) is 8.52. The third-order valence-electron chi connectivity index (χ3n) is 5.17. The van der Waals surface area contributed by atoms with Crippen LogP contribution in [-0.2, 0) is 17.6 Å². The number of piperazine rings is 1. The van der Waals surface area contributed by atoms with Gasteiger partial charge >= 0.3 is 0 Å². The van der Waals surface area contributed by atoms with Crippen molar-refractivity contribution in [3.05, 3.63) is 51.7 Å². The molecule has 7 heteroatoms. The van der Waals surface area contributed by atoms with Crippen LogP contribution in [0.25, 0.3) is 0 Å². The predicted molar refractivity (Wildman–Crippen MR) is 109 cm³/mol. The molecule has 3 rings (SSSR count). The number of nitrogens with zero attached hydrogens (tertiary/aromatic N) is 4. The SMILES string of the molecule is CCC(=O)N1CCN(c2nc(C)nc(CC)c2Cc2c(F)cccc2Cl)CC1. The summed E-state index contributed by atoms with van der Waals surface area (Å²) < 4.78 is 14.4. The van der Waals surface area contributed by atoms with Crippen molar-refractivity contribution in [3.63, 3.8) is 0 Å². The Morgan fingerprint density at radius 2 is 1.86 bits per heavy atom. The first-order valence-corrected chi connectivity index (χ1v) is 10.1. The fraction of sp³-hybridized carbons (Fsp3) is 0.476. The van der Waals surface area contributed by atoms with Gasteiger partial charge in [-0.15, -0.1) is 0 Å². The molecular weight excluding hydrogens is 379 g/mol. The monoisotopic (exact) mass is 404 g/mol. The van der Waals surface area contributed by atoms with E-state index >= 15 is 0 Å². The molecule has 2 aromatic rings. The highest BCUT2D eigenvalue weighted by atomic mass is 35.5. The first kappa shape index (κ1) is 20.5. The van der Waals surface area contributed by atoms with Crippen LogP contribution in [0.5, 0.6) is 0 Å². The van der Waals surface area contributed by atoms with E-state index in [1.54, 1.807) is 12.1 Å². The number of halogens is 2. The number of aromatic nitrogens is 2. The number of amides is 1. The summed E-state index contributed by atoms with van der Waals surface area (Å²) >= 11 is 6.28. The van der Waals surface area contributed by atoms with Crippen molar-refractivity contribution >= 4 is 23.3 Å². The lowest BCUT2D eigenvalue weighted by Crippen LogP contribution is -2.49. The Morgan fingerprint density at radius 1 is 1.14 bits per heavy atom. The Morgan fingerprint density at radius 3 is 2.46 bits per heavy atom. The number of carbonyl (C=O) groups is 1. The lowest BCUT2D eigenvalue weighted by molar-refractivity contribution is -0.131. The molecule has 1 fully saturated rings. The van der Waals surface area contributed by atoms with Gasteiger partial charge in [0.1, 0.15) is 17.5 Å². The van der Waals surface area contributed by atoms with Gasteiger partial charge in [0.2, 0.25) is 5.91 Å². The number of rotatable bonds is 5. The average molecular weight is 405 g/mol. The van der Waals surface area contributed by atoms with Crippen LogP contribution >= 0.6 is 11.6 Å². The number of carbonyl (C=O) groups excluding carboxylic acids is 1. The fourth-order valence-corrected chi connectivity index (χ4v) is 3.87. The average Bonchev–Trinajstić information content (AvgIpc) is 2.70. The second-order valence-corrected chi connectivity index (χ2v) is 7.38. The number of hydrogen-bond acceptors (Lipinski definition) is 4. The van der Waals surface area contributed by atoms with Crippen molar-refractivity contribution in [1.29, 1.82) is 0 Å². The van der Waals surface area contributed by atoms with Gasteiger partial charge < -0.3 is 9.80 Å². The molecule has 0 atom stereocenters. The van der Waals surface area contributed by atoms with Crippen molar-refractivity contribution in [3.8, 4) is 0 Å². The molecule has 1 aromatic heterocycles. The number of anilines is 1. The van der Waals surface area contributed by atoms with Gasteiger partial charge in [0.15, 0.2) is 0 Å². The Balaban J connectivity index is 1.95. The third kappa shape index (κ3) is 4.27. The standard InChI is InChI=1S/C21H26ClFN4O/c1-4-19-16(13-15-17(22)7-6-8-18(15)23)21(25-14(3)24-19)27-11-9-26(10-12-27)20(28)5-2/h6-8H,4-5,9-13H2,1-3H3. The van der Waals surface area contributed by atoms with Gasteiger partial charge in [-0.1, -0.05) is 31.5 Å². The van der Waals surface area contributed by atoms with Gasteiger partial charge in [0, 0.05) is 60.9 Å². The van der Waals surface area contributed by atoms with Crippen molar-refractivity contribution in [2.24, 2.45) is 0 Å². The van der Waals surface area contributed by atoms with E-state index in [1.807, 2.05) is 25.7 Å². The maximum atomic E-state index is 14.4. The molecule has 2 heterocycles. The maximum Gasteiger partial charge on any atom is 0.222 e. The molecular formula is C21H26ClFN4O. The minimum absolute atomic E-state index is 0.172.